The first-order chi connectivity index (χ1) is 15.7. The highest BCUT2D eigenvalue weighted by Crippen LogP contribution is 2.42. The van der Waals surface area contributed by atoms with Gasteiger partial charge in [0.25, 0.3) is 0 Å². The van der Waals surface area contributed by atoms with E-state index in [1.807, 2.05) is 48.5 Å². The van der Waals surface area contributed by atoms with Gasteiger partial charge in [-0.25, -0.2) is 9.59 Å². The quantitative estimate of drug-likeness (QED) is 0.342. The fourth-order valence-electron chi connectivity index (χ4n) is 3.70. The summed E-state index contributed by atoms with van der Waals surface area (Å²) in [6.45, 7) is 0.615. The first kappa shape index (κ1) is 20.6. The van der Waals surface area contributed by atoms with E-state index in [1.54, 1.807) is 0 Å². The maximum atomic E-state index is 12.2. The molecule has 2 aliphatic carbocycles. The number of hydrogen-bond acceptors (Lipinski definition) is 6. The van der Waals surface area contributed by atoms with Gasteiger partial charge in [-0.15, -0.1) is 0 Å². The number of carbonyl (C=O) groups is 2. The molecule has 0 unspecified atom stereocenters. The Hall–Kier alpha value is -3.28. The first-order valence-corrected chi connectivity index (χ1v) is 11.2. The molecule has 32 heavy (non-hydrogen) atoms. The topological polar surface area (TPSA) is 71.1 Å². The van der Waals surface area contributed by atoms with E-state index in [2.05, 4.69) is 0 Å². The number of fused-ring (bicyclic) bond motifs is 2. The Morgan fingerprint density at radius 2 is 0.969 bits per heavy atom. The average Bonchev–Trinajstić information content (AvgIpc) is 3.73. The summed E-state index contributed by atoms with van der Waals surface area (Å²) in [4.78, 5) is 24.3. The van der Waals surface area contributed by atoms with Crippen LogP contribution in [0.5, 0.6) is 11.5 Å². The summed E-state index contributed by atoms with van der Waals surface area (Å²) in [6, 6.07) is 15.3. The molecule has 6 heteroatoms. The van der Waals surface area contributed by atoms with Crippen LogP contribution in [0.2, 0.25) is 0 Å². The smallest absolute Gasteiger partial charge is 0.344 e. The molecule has 3 aromatic rings. The number of esters is 2. The van der Waals surface area contributed by atoms with E-state index in [9.17, 15) is 9.59 Å². The Morgan fingerprint density at radius 3 is 1.28 bits per heavy atom. The van der Waals surface area contributed by atoms with Gasteiger partial charge in [0.15, 0.2) is 13.2 Å². The zero-order valence-electron chi connectivity index (χ0n) is 17.9. The number of hydrogen-bond donors (Lipinski definition) is 0. The van der Waals surface area contributed by atoms with Crippen molar-refractivity contribution >= 4 is 33.5 Å². The van der Waals surface area contributed by atoms with Crippen molar-refractivity contribution in [3.05, 3.63) is 48.5 Å². The molecule has 0 amide bonds. The van der Waals surface area contributed by atoms with Crippen molar-refractivity contribution in [2.24, 2.45) is 11.8 Å². The molecular formula is C26H26O6. The van der Waals surface area contributed by atoms with Crippen LogP contribution in [0.1, 0.15) is 25.7 Å². The van der Waals surface area contributed by atoms with Crippen LogP contribution in [0.3, 0.4) is 0 Å². The third kappa shape index (κ3) is 4.79. The molecule has 0 bridgehead atoms. The van der Waals surface area contributed by atoms with Crippen LogP contribution in [-0.4, -0.2) is 38.4 Å². The fraction of sp³-hybridized carbons (Fsp3) is 0.385. The summed E-state index contributed by atoms with van der Waals surface area (Å²) in [5.41, 5.74) is 0. The molecule has 0 heterocycles. The standard InChI is InChI=1S/C26H26O6/c27-23(29-13-17-9-10-17)15-31-25-19-5-1-2-6-20(19)26(22-8-4-3-7-21(22)25)32-16-24(28)30-14-18-11-12-18/h1-8,17-18H,9-16H2. The molecule has 6 nitrogen and oxygen atoms in total. The number of benzene rings is 3. The van der Waals surface area contributed by atoms with E-state index in [1.165, 1.54) is 0 Å². The maximum absolute atomic E-state index is 12.2. The lowest BCUT2D eigenvalue weighted by molar-refractivity contribution is -0.147. The predicted octanol–water partition coefficient (Wildman–Crippen LogP) is 4.66. The summed E-state index contributed by atoms with van der Waals surface area (Å²) in [6.07, 6.45) is 4.50. The molecule has 2 aliphatic rings. The monoisotopic (exact) mass is 434 g/mol. The second kappa shape index (κ2) is 9.07. The summed E-state index contributed by atoms with van der Waals surface area (Å²) < 4.78 is 22.6. The van der Waals surface area contributed by atoms with Crippen molar-refractivity contribution in [3.63, 3.8) is 0 Å². The van der Waals surface area contributed by atoms with E-state index in [0.29, 0.717) is 36.5 Å². The molecule has 0 atom stereocenters. The summed E-state index contributed by atoms with van der Waals surface area (Å²) in [5, 5.41) is 3.23. The molecule has 2 fully saturated rings. The van der Waals surface area contributed by atoms with Crippen LogP contribution >= 0.6 is 0 Å². The van der Waals surface area contributed by atoms with Gasteiger partial charge in [0.05, 0.1) is 13.2 Å². The third-order valence-corrected chi connectivity index (χ3v) is 5.86. The SMILES string of the molecule is O=C(COc1c2ccccc2c(OCC(=O)OCC2CC2)c2ccccc12)OCC1CC1. The second-order valence-electron chi connectivity index (χ2n) is 8.58. The Labute approximate surface area is 186 Å². The highest BCUT2D eigenvalue weighted by atomic mass is 16.6. The van der Waals surface area contributed by atoms with Crippen LogP contribution in [0, 0.1) is 11.8 Å². The Kier molecular flexibility index (Phi) is 5.84. The molecule has 166 valence electrons. The molecule has 0 aromatic heterocycles. The van der Waals surface area contributed by atoms with Crippen LogP contribution in [0.15, 0.2) is 48.5 Å². The highest BCUT2D eigenvalue weighted by molar-refractivity contribution is 6.11. The van der Waals surface area contributed by atoms with Gasteiger partial charge in [-0.05, 0) is 37.5 Å². The van der Waals surface area contributed by atoms with E-state index >= 15 is 0 Å². The van der Waals surface area contributed by atoms with Crippen molar-refractivity contribution in [2.75, 3.05) is 26.4 Å². The minimum atomic E-state index is -0.371. The fourth-order valence-corrected chi connectivity index (χ4v) is 3.70. The van der Waals surface area contributed by atoms with Gasteiger partial charge >= 0.3 is 11.9 Å². The largest absolute Gasteiger partial charge is 0.481 e. The molecule has 0 saturated heterocycles. The number of carbonyl (C=O) groups excluding carboxylic acids is 2. The zero-order chi connectivity index (χ0) is 21.9. The van der Waals surface area contributed by atoms with Crippen molar-refractivity contribution in [3.8, 4) is 11.5 Å². The maximum Gasteiger partial charge on any atom is 0.344 e. The van der Waals surface area contributed by atoms with Gasteiger partial charge < -0.3 is 18.9 Å². The predicted molar refractivity (Wildman–Crippen MR) is 120 cm³/mol. The molecule has 0 spiro atoms. The molecule has 3 aromatic carbocycles. The van der Waals surface area contributed by atoms with Gasteiger partial charge in [-0.3, -0.25) is 0 Å². The minimum absolute atomic E-state index is 0.158. The summed E-state index contributed by atoms with van der Waals surface area (Å²) in [7, 11) is 0. The number of ether oxygens (including phenoxy) is 4. The average molecular weight is 434 g/mol. The van der Waals surface area contributed by atoms with E-state index in [0.717, 1.165) is 47.2 Å². The lowest BCUT2D eigenvalue weighted by atomic mass is 10.0. The summed E-state index contributed by atoms with van der Waals surface area (Å²) >= 11 is 0. The Balaban J connectivity index is 1.40. The van der Waals surface area contributed by atoms with Gasteiger partial charge in [0.2, 0.25) is 0 Å². The molecule has 2 saturated carbocycles. The van der Waals surface area contributed by atoms with Crippen LogP contribution < -0.4 is 9.47 Å². The Morgan fingerprint density at radius 1 is 0.625 bits per heavy atom. The normalized spacial score (nSPS) is 15.5. The van der Waals surface area contributed by atoms with E-state index in [-0.39, 0.29) is 25.2 Å². The second-order valence-corrected chi connectivity index (χ2v) is 8.58. The first-order valence-electron chi connectivity index (χ1n) is 11.2. The van der Waals surface area contributed by atoms with Crippen molar-refractivity contribution < 1.29 is 28.5 Å². The molecule has 0 N–H and O–H groups in total. The van der Waals surface area contributed by atoms with Crippen molar-refractivity contribution in [1.82, 2.24) is 0 Å². The lowest BCUT2D eigenvalue weighted by Gasteiger charge is -2.17. The highest BCUT2D eigenvalue weighted by Gasteiger charge is 2.24. The zero-order valence-corrected chi connectivity index (χ0v) is 17.9. The van der Waals surface area contributed by atoms with Gasteiger partial charge in [0, 0.05) is 21.5 Å². The van der Waals surface area contributed by atoms with Gasteiger partial charge in [0.1, 0.15) is 11.5 Å². The van der Waals surface area contributed by atoms with Crippen LogP contribution in [0.25, 0.3) is 21.5 Å². The third-order valence-electron chi connectivity index (χ3n) is 5.86. The lowest BCUT2D eigenvalue weighted by Crippen LogP contribution is -2.17. The van der Waals surface area contributed by atoms with E-state index < -0.39 is 0 Å². The van der Waals surface area contributed by atoms with Crippen LogP contribution in [-0.2, 0) is 19.1 Å². The minimum Gasteiger partial charge on any atom is -0.481 e. The van der Waals surface area contributed by atoms with Crippen LogP contribution in [0.4, 0.5) is 0 Å². The van der Waals surface area contributed by atoms with E-state index in [4.69, 9.17) is 18.9 Å². The van der Waals surface area contributed by atoms with Gasteiger partial charge in [-0.1, -0.05) is 48.5 Å². The number of rotatable bonds is 10. The molecule has 5 rings (SSSR count). The van der Waals surface area contributed by atoms with Gasteiger partial charge in [-0.2, -0.15) is 0 Å². The molecule has 0 radical (unpaired) electrons. The van der Waals surface area contributed by atoms with Crippen molar-refractivity contribution in [2.45, 2.75) is 25.7 Å². The Bertz CT molecular complexity index is 999. The van der Waals surface area contributed by atoms with Crippen molar-refractivity contribution in [1.29, 1.82) is 0 Å². The molecule has 0 aliphatic heterocycles. The summed E-state index contributed by atoms with van der Waals surface area (Å²) in [5.74, 6) is 1.47. The molecular weight excluding hydrogens is 408 g/mol.